The van der Waals surface area contributed by atoms with E-state index < -0.39 is 0 Å². The van der Waals surface area contributed by atoms with Gasteiger partial charge in [0.25, 0.3) is 0 Å². The van der Waals surface area contributed by atoms with Crippen LogP contribution in [-0.2, 0) is 4.79 Å². The number of likely N-dealkylation sites (tertiary alicyclic amines) is 1. The molecule has 0 radical (unpaired) electrons. The van der Waals surface area contributed by atoms with E-state index >= 15 is 0 Å². The molecule has 1 aliphatic heterocycles. The SMILES string of the molecule is CC(=O)[C@H](N)N1CCCC1. The van der Waals surface area contributed by atoms with Crippen molar-refractivity contribution in [2.24, 2.45) is 5.73 Å². The minimum absolute atomic E-state index is 0.0712. The molecular weight excluding hydrogens is 128 g/mol. The second kappa shape index (κ2) is 3.12. The molecular formula is C7H14N2O. The second-order valence-electron chi connectivity index (χ2n) is 2.80. The molecule has 0 bridgehead atoms. The summed E-state index contributed by atoms with van der Waals surface area (Å²) in [5.74, 6) is 0.0712. The first-order chi connectivity index (χ1) is 4.72. The first-order valence-corrected chi connectivity index (χ1v) is 3.72. The fraction of sp³-hybridized carbons (Fsp3) is 0.857. The van der Waals surface area contributed by atoms with Gasteiger partial charge >= 0.3 is 0 Å². The highest BCUT2D eigenvalue weighted by Crippen LogP contribution is 2.08. The number of carbonyl (C=O) groups excluding carboxylic acids is 1. The van der Waals surface area contributed by atoms with E-state index in [0.717, 1.165) is 13.1 Å². The van der Waals surface area contributed by atoms with E-state index in [-0.39, 0.29) is 11.9 Å². The fourth-order valence-electron chi connectivity index (χ4n) is 1.28. The van der Waals surface area contributed by atoms with Gasteiger partial charge in [-0.3, -0.25) is 9.69 Å². The number of rotatable bonds is 2. The summed E-state index contributed by atoms with van der Waals surface area (Å²) >= 11 is 0. The summed E-state index contributed by atoms with van der Waals surface area (Å²) in [7, 11) is 0. The summed E-state index contributed by atoms with van der Waals surface area (Å²) < 4.78 is 0. The Balaban J connectivity index is 2.39. The van der Waals surface area contributed by atoms with Crippen molar-refractivity contribution < 1.29 is 4.79 Å². The molecule has 3 heteroatoms. The Bertz CT molecular complexity index is 130. The molecule has 0 amide bonds. The third-order valence-corrected chi connectivity index (χ3v) is 1.95. The Labute approximate surface area is 61.2 Å². The van der Waals surface area contributed by atoms with Crippen LogP contribution in [0.25, 0.3) is 0 Å². The number of Topliss-reactive ketones (excluding diaryl/α,β-unsaturated/α-hetero) is 1. The van der Waals surface area contributed by atoms with Crippen molar-refractivity contribution in [3.05, 3.63) is 0 Å². The Morgan fingerprint density at radius 3 is 2.40 bits per heavy atom. The van der Waals surface area contributed by atoms with E-state index in [2.05, 4.69) is 0 Å². The molecule has 0 aromatic rings. The first-order valence-electron chi connectivity index (χ1n) is 3.72. The van der Waals surface area contributed by atoms with E-state index in [1.807, 2.05) is 4.90 Å². The van der Waals surface area contributed by atoms with Gasteiger partial charge in [0.15, 0.2) is 5.78 Å². The van der Waals surface area contributed by atoms with E-state index in [1.54, 1.807) is 6.92 Å². The van der Waals surface area contributed by atoms with E-state index in [9.17, 15) is 4.79 Å². The van der Waals surface area contributed by atoms with Gasteiger partial charge in [0, 0.05) is 13.1 Å². The largest absolute Gasteiger partial charge is 0.309 e. The molecule has 0 spiro atoms. The van der Waals surface area contributed by atoms with Crippen LogP contribution in [0.15, 0.2) is 0 Å². The molecule has 1 rings (SSSR count). The maximum atomic E-state index is 10.8. The van der Waals surface area contributed by atoms with Crippen LogP contribution in [0, 0.1) is 0 Å². The van der Waals surface area contributed by atoms with Gasteiger partial charge in [-0.25, -0.2) is 0 Å². The van der Waals surface area contributed by atoms with E-state index in [1.165, 1.54) is 12.8 Å². The Morgan fingerprint density at radius 1 is 1.50 bits per heavy atom. The molecule has 3 nitrogen and oxygen atoms in total. The average Bonchev–Trinajstić information content (AvgIpc) is 2.36. The quantitative estimate of drug-likeness (QED) is 0.588. The third kappa shape index (κ3) is 1.55. The molecule has 1 saturated heterocycles. The number of ketones is 1. The third-order valence-electron chi connectivity index (χ3n) is 1.95. The van der Waals surface area contributed by atoms with Gasteiger partial charge in [0.2, 0.25) is 0 Å². The molecule has 0 aromatic carbocycles. The zero-order chi connectivity index (χ0) is 7.56. The molecule has 0 aliphatic carbocycles. The van der Waals surface area contributed by atoms with Gasteiger partial charge in [-0.05, 0) is 19.8 Å². The average molecular weight is 142 g/mol. The predicted octanol–water partition coefficient (Wildman–Crippen LogP) is -0.0440. The zero-order valence-corrected chi connectivity index (χ0v) is 6.34. The van der Waals surface area contributed by atoms with Gasteiger partial charge in [-0.2, -0.15) is 0 Å². The van der Waals surface area contributed by atoms with Crippen LogP contribution in [0.3, 0.4) is 0 Å². The molecule has 2 N–H and O–H groups in total. The summed E-state index contributed by atoms with van der Waals surface area (Å²) in [5, 5.41) is 0. The van der Waals surface area contributed by atoms with E-state index in [4.69, 9.17) is 5.73 Å². The minimum atomic E-state index is -0.345. The van der Waals surface area contributed by atoms with Gasteiger partial charge in [-0.15, -0.1) is 0 Å². The van der Waals surface area contributed by atoms with Crippen molar-refractivity contribution in [2.45, 2.75) is 25.9 Å². The Morgan fingerprint density at radius 2 is 2.00 bits per heavy atom. The van der Waals surface area contributed by atoms with Crippen LogP contribution in [0.5, 0.6) is 0 Å². The summed E-state index contributed by atoms with van der Waals surface area (Å²) in [6, 6.07) is 0. The number of nitrogens with two attached hydrogens (primary N) is 1. The highest BCUT2D eigenvalue weighted by Gasteiger charge is 2.20. The molecule has 1 atom stereocenters. The smallest absolute Gasteiger partial charge is 0.161 e. The number of hydrogen-bond donors (Lipinski definition) is 1. The maximum absolute atomic E-state index is 10.8. The van der Waals surface area contributed by atoms with Gasteiger partial charge in [0.05, 0.1) is 0 Å². The summed E-state index contributed by atoms with van der Waals surface area (Å²) in [6.07, 6.45) is 2.02. The van der Waals surface area contributed by atoms with Crippen LogP contribution in [0.2, 0.25) is 0 Å². The number of hydrogen-bond acceptors (Lipinski definition) is 3. The van der Waals surface area contributed by atoms with Gasteiger partial charge < -0.3 is 5.73 Å². The standard InChI is InChI=1S/C7H14N2O/c1-6(10)7(8)9-4-2-3-5-9/h7H,2-5,8H2,1H3/t7-/m1/s1. The fourth-order valence-corrected chi connectivity index (χ4v) is 1.28. The first kappa shape index (κ1) is 7.69. The highest BCUT2D eigenvalue weighted by atomic mass is 16.1. The van der Waals surface area contributed by atoms with Crippen LogP contribution >= 0.6 is 0 Å². The zero-order valence-electron chi connectivity index (χ0n) is 6.34. The van der Waals surface area contributed by atoms with Gasteiger partial charge in [-0.1, -0.05) is 0 Å². The Hall–Kier alpha value is -0.410. The predicted molar refractivity (Wildman–Crippen MR) is 39.5 cm³/mol. The number of carbonyl (C=O) groups is 1. The normalized spacial score (nSPS) is 23.0. The van der Waals surface area contributed by atoms with Crippen molar-refractivity contribution >= 4 is 5.78 Å². The molecule has 10 heavy (non-hydrogen) atoms. The molecule has 0 aromatic heterocycles. The molecule has 0 saturated carbocycles. The lowest BCUT2D eigenvalue weighted by Gasteiger charge is -2.20. The van der Waals surface area contributed by atoms with Gasteiger partial charge in [0.1, 0.15) is 6.17 Å². The summed E-state index contributed by atoms with van der Waals surface area (Å²) in [6.45, 7) is 3.52. The van der Waals surface area contributed by atoms with Crippen molar-refractivity contribution in [2.75, 3.05) is 13.1 Å². The number of nitrogens with zero attached hydrogens (tertiary/aromatic N) is 1. The van der Waals surface area contributed by atoms with Crippen LogP contribution in [0.1, 0.15) is 19.8 Å². The van der Waals surface area contributed by atoms with Crippen LogP contribution in [-0.4, -0.2) is 29.9 Å². The Kier molecular flexibility index (Phi) is 2.40. The lowest BCUT2D eigenvalue weighted by atomic mass is 10.3. The highest BCUT2D eigenvalue weighted by molar-refractivity contribution is 5.80. The minimum Gasteiger partial charge on any atom is -0.309 e. The molecule has 1 fully saturated rings. The summed E-state index contributed by atoms with van der Waals surface area (Å²) in [5.41, 5.74) is 5.60. The van der Waals surface area contributed by atoms with Crippen LogP contribution in [0.4, 0.5) is 0 Å². The van der Waals surface area contributed by atoms with E-state index in [0.29, 0.717) is 0 Å². The lowest BCUT2D eigenvalue weighted by Crippen LogP contribution is -2.45. The van der Waals surface area contributed by atoms with Crippen molar-refractivity contribution in [1.82, 2.24) is 4.90 Å². The molecule has 1 heterocycles. The lowest BCUT2D eigenvalue weighted by molar-refractivity contribution is -0.121. The molecule has 58 valence electrons. The summed E-state index contributed by atoms with van der Waals surface area (Å²) in [4.78, 5) is 12.8. The maximum Gasteiger partial charge on any atom is 0.161 e. The van der Waals surface area contributed by atoms with Crippen molar-refractivity contribution in [3.8, 4) is 0 Å². The van der Waals surface area contributed by atoms with Crippen molar-refractivity contribution in [1.29, 1.82) is 0 Å². The van der Waals surface area contributed by atoms with Crippen molar-refractivity contribution in [3.63, 3.8) is 0 Å². The molecule has 0 unspecified atom stereocenters. The molecule has 1 aliphatic rings. The second-order valence-corrected chi connectivity index (χ2v) is 2.80. The monoisotopic (exact) mass is 142 g/mol. The topological polar surface area (TPSA) is 46.3 Å². The van der Waals surface area contributed by atoms with Crippen LogP contribution < -0.4 is 5.73 Å².